The van der Waals surface area contributed by atoms with Crippen molar-refractivity contribution in [2.75, 3.05) is 19.7 Å². The highest BCUT2D eigenvalue weighted by Gasteiger charge is 2.29. The second-order valence-corrected chi connectivity index (χ2v) is 9.56. The molecule has 1 atom stereocenters. The van der Waals surface area contributed by atoms with E-state index in [1.54, 1.807) is 12.1 Å². The molecule has 4 aromatic rings. The molecule has 2 aromatic heterocycles. The number of oxazole rings is 1. The van der Waals surface area contributed by atoms with E-state index in [1.165, 1.54) is 11.1 Å². The molecule has 1 fully saturated rings. The maximum absolute atomic E-state index is 12.7. The lowest BCUT2D eigenvalue weighted by molar-refractivity contribution is -0.154. The van der Waals surface area contributed by atoms with E-state index >= 15 is 0 Å². The van der Waals surface area contributed by atoms with Crippen molar-refractivity contribution in [3.63, 3.8) is 0 Å². The van der Waals surface area contributed by atoms with E-state index < -0.39 is 12.1 Å². The highest BCUT2D eigenvalue weighted by Crippen LogP contribution is 2.27. The Kier molecular flexibility index (Phi) is 7.90. The molecule has 3 heterocycles. The first-order chi connectivity index (χ1) is 18.9. The summed E-state index contributed by atoms with van der Waals surface area (Å²) in [5.74, 6) is 0.650. The minimum atomic E-state index is -1.08. The van der Waals surface area contributed by atoms with Crippen LogP contribution < -0.4 is 4.74 Å². The molecule has 0 bridgehead atoms. The van der Waals surface area contributed by atoms with Crippen molar-refractivity contribution in [3.05, 3.63) is 100 Å². The lowest BCUT2D eigenvalue weighted by Crippen LogP contribution is -2.48. The van der Waals surface area contributed by atoms with Gasteiger partial charge >= 0.3 is 5.97 Å². The third-order valence-corrected chi connectivity index (χ3v) is 6.54. The van der Waals surface area contributed by atoms with Crippen molar-refractivity contribution >= 4 is 23.5 Å². The van der Waals surface area contributed by atoms with Crippen molar-refractivity contribution in [1.29, 1.82) is 0 Å². The number of aliphatic carboxylic acids is 1. The van der Waals surface area contributed by atoms with Gasteiger partial charge in [-0.15, -0.1) is 0 Å². The summed E-state index contributed by atoms with van der Waals surface area (Å²) in [6.07, 6.45) is 1.01. The molecule has 0 radical (unpaired) electrons. The van der Waals surface area contributed by atoms with Crippen LogP contribution in [0, 0.1) is 6.92 Å². The second kappa shape index (κ2) is 11.7. The maximum Gasteiger partial charge on any atom is 0.334 e. The Labute approximate surface area is 230 Å². The van der Waals surface area contributed by atoms with Crippen LogP contribution in [0.25, 0.3) is 11.3 Å². The first-order valence-corrected chi connectivity index (χ1v) is 12.8. The van der Waals surface area contributed by atoms with Gasteiger partial charge in [-0.25, -0.2) is 9.78 Å². The molecule has 1 aliphatic rings. The van der Waals surface area contributed by atoms with Crippen molar-refractivity contribution in [3.8, 4) is 17.0 Å². The number of morpholine rings is 1. The van der Waals surface area contributed by atoms with Crippen LogP contribution in [-0.4, -0.2) is 57.7 Å². The van der Waals surface area contributed by atoms with E-state index in [0.29, 0.717) is 40.9 Å². The second-order valence-electron chi connectivity index (χ2n) is 9.12. The number of carbonyl (C=O) groups is 2. The van der Waals surface area contributed by atoms with Gasteiger partial charge in [-0.05, 0) is 61.0 Å². The van der Waals surface area contributed by atoms with E-state index in [9.17, 15) is 9.59 Å². The Morgan fingerprint density at radius 3 is 2.69 bits per heavy atom. The number of hydrogen-bond acceptors (Lipinski definition) is 7. The van der Waals surface area contributed by atoms with Crippen LogP contribution in [0.3, 0.4) is 0 Å². The summed E-state index contributed by atoms with van der Waals surface area (Å²) in [6.45, 7) is 2.63. The van der Waals surface area contributed by atoms with Crippen molar-refractivity contribution < 1.29 is 28.6 Å². The van der Waals surface area contributed by atoms with Gasteiger partial charge in [0.1, 0.15) is 23.8 Å². The molecule has 200 valence electrons. The molecular weight excluding hydrogens is 522 g/mol. The number of amides is 1. The summed E-state index contributed by atoms with van der Waals surface area (Å²) in [7, 11) is 0. The molecule has 0 aliphatic carbocycles. The van der Waals surface area contributed by atoms with Gasteiger partial charge in [0.2, 0.25) is 0 Å². The largest absolute Gasteiger partial charge is 0.487 e. The van der Waals surface area contributed by atoms with Gasteiger partial charge in [-0.3, -0.25) is 9.78 Å². The first kappa shape index (κ1) is 26.4. The number of hydrogen-bond donors (Lipinski definition) is 1. The zero-order valence-corrected chi connectivity index (χ0v) is 21.9. The molecule has 1 aliphatic heterocycles. The fraction of sp³-hybridized carbons (Fsp3) is 0.241. The van der Waals surface area contributed by atoms with Gasteiger partial charge in [0.25, 0.3) is 5.91 Å². The van der Waals surface area contributed by atoms with E-state index in [-0.39, 0.29) is 25.7 Å². The zero-order chi connectivity index (χ0) is 27.4. The number of aromatic nitrogens is 2. The van der Waals surface area contributed by atoms with Crippen molar-refractivity contribution in [1.82, 2.24) is 14.9 Å². The van der Waals surface area contributed by atoms with Crippen LogP contribution in [0.15, 0.2) is 71.3 Å². The Morgan fingerprint density at radius 1 is 1.15 bits per heavy atom. The monoisotopic (exact) mass is 547 g/mol. The summed E-state index contributed by atoms with van der Waals surface area (Å²) < 4.78 is 16.9. The minimum Gasteiger partial charge on any atom is -0.487 e. The molecular formula is C29H26ClN3O6. The highest BCUT2D eigenvalue weighted by molar-refractivity contribution is 6.30. The van der Waals surface area contributed by atoms with Crippen molar-refractivity contribution in [2.24, 2.45) is 0 Å². The molecule has 1 amide bonds. The SMILES string of the molecule is Cc1oc(Cc2cccc(Cl)c2)nc1-c1ccc(OCc2ccc(C(=O)N3CCOC(C(=O)O)C3)cn2)cc1. The molecule has 39 heavy (non-hydrogen) atoms. The smallest absolute Gasteiger partial charge is 0.334 e. The summed E-state index contributed by atoms with van der Waals surface area (Å²) in [5.41, 5.74) is 3.74. The topological polar surface area (TPSA) is 115 Å². The summed E-state index contributed by atoms with van der Waals surface area (Å²) in [5, 5.41) is 9.82. The predicted molar refractivity (Wildman–Crippen MR) is 143 cm³/mol. The summed E-state index contributed by atoms with van der Waals surface area (Å²) in [4.78, 5) is 34.4. The van der Waals surface area contributed by atoms with Gasteiger partial charge in [0.05, 0.1) is 24.4 Å². The Bertz CT molecular complexity index is 1470. The molecule has 0 saturated carbocycles. The lowest BCUT2D eigenvalue weighted by Gasteiger charge is -2.30. The molecule has 2 aromatic carbocycles. The molecule has 0 spiro atoms. The van der Waals surface area contributed by atoms with Crippen LogP contribution >= 0.6 is 11.6 Å². The van der Waals surface area contributed by atoms with Crippen LogP contribution in [0.1, 0.15) is 33.3 Å². The fourth-order valence-corrected chi connectivity index (χ4v) is 4.50. The number of rotatable bonds is 8. The van der Waals surface area contributed by atoms with Gasteiger partial charge < -0.3 is 23.9 Å². The van der Waals surface area contributed by atoms with Gasteiger partial charge in [0.15, 0.2) is 12.0 Å². The van der Waals surface area contributed by atoms with Crippen molar-refractivity contribution in [2.45, 2.75) is 26.1 Å². The van der Waals surface area contributed by atoms with E-state index in [4.69, 9.17) is 30.6 Å². The number of pyridine rings is 1. The maximum atomic E-state index is 12.7. The average molecular weight is 548 g/mol. The fourth-order valence-electron chi connectivity index (χ4n) is 4.28. The highest BCUT2D eigenvalue weighted by atomic mass is 35.5. The number of carbonyl (C=O) groups excluding carboxylic acids is 1. The number of ether oxygens (including phenoxy) is 2. The Balaban J connectivity index is 1.17. The standard InChI is InChI=1S/C29H26ClN3O6/c1-18-27(32-26(39-18)14-19-3-2-4-22(30)13-19)20-6-9-24(10-7-20)38-17-23-8-5-21(15-31-23)28(34)33-11-12-37-25(16-33)29(35)36/h2-10,13,15,25H,11-12,14,16-17H2,1H3,(H,35,36). The van der Waals surface area contributed by atoms with Gasteiger partial charge in [-0.2, -0.15) is 0 Å². The van der Waals surface area contributed by atoms with Crippen LogP contribution in [0.2, 0.25) is 5.02 Å². The van der Waals surface area contributed by atoms with Crippen LogP contribution in [0.5, 0.6) is 5.75 Å². The number of benzene rings is 2. The first-order valence-electron chi connectivity index (χ1n) is 12.4. The number of carboxylic acid groups (broad SMARTS) is 1. The normalized spacial score (nSPS) is 15.2. The third-order valence-electron chi connectivity index (χ3n) is 6.30. The van der Waals surface area contributed by atoms with E-state index in [1.807, 2.05) is 55.5 Å². The molecule has 9 nitrogen and oxygen atoms in total. The number of halogens is 1. The molecule has 10 heteroatoms. The van der Waals surface area contributed by atoms with Gasteiger partial charge in [-0.1, -0.05) is 23.7 Å². The predicted octanol–water partition coefficient (Wildman–Crippen LogP) is 4.79. The molecule has 1 unspecified atom stereocenters. The molecule has 5 rings (SSSR count). The summed E-state index contributed by atoms with van der Waals surface area (Å²) >= 11 is 6.08. The lowest BCUT2D eigenvalue weighted by atomic mass is 10.1. The van der Waals surface area contributed by atoms with Crippen LogP contribution in [-0.2, 0) is 22.6 Å². The molecule has 1 saturated heterocycles. The average Bonchev–Trinajstić information content (AvgIpc) is 3.31. The Morgan fingerprint density at radius 2 is 1.97 bits per heavy atom. The number of carboxylic acids is 1. The van der Waals surface area contributed by atoms with E-state index in [0.717, 1.165) is 22.6 Å². The zero-order valence-electron chi connectivity index (χ0n) is 21.2. The Hall–Kier alpha value is -4.21. The molecule has 1 N–H and O–H groups in total. The van der Waals surface area contributed by atoms with Gasteiger partial charge in [0, 0.05) is 29.7 Å². The number of nitrogens with zero attached hydrogens (tertiary/aromatic N) is 3. The number of aryl methyl sites for hydroxylation is 1. The third kappa shape index (κ3) is 6.45. The summed E-state index contributed by atoms with van der Waals surface area (Å²) in [6, 6.07) is 18.6. The van der Waals surface area contributed by atoms with E-state index in [2.05, 4.69) is 9.97 Å². The minimum absolute atomic E-state index is 0.00605. The quantitative estimate of drug-likeness (QED) is 0.335. The van der Waals surface area contributed by atoms with Crippen LogP contribution in [0.4, 0.5) is 0 Å².